The fourth-order valence-corrected chi connectivity index (χ4v) is 1.86. The normalized spacial score (nSPS) is 9.81. The van der Waals surface area contributed by atoms with Crippen molar-refractivity contribution in [1.29, 1.82) is 0 Å². The molecule has 0 bridgehead atoms. The smallest absolute Gasteiger partial charge is 0.337 e. The third kappa shape index (κ3) is 3.94. The molecule has 0 atom stereocenters. The molecule has 1 aromatic rings. The van der Waals surface area contributed by atoms with Crippen molar-refractivity contribution in [3.8, 4) is 0 Å². The average Bonchev–Trinajstić information content (AvgIpc) is 2.28. The first-order valence-corrected chi connectivity index (χ1v) is 5.82. The molecule has 0 spiro atoms. The first-order valence-electron chi connectivity index (χ1n) is 4.67. The van der Waals surface area contributed by atoms with Crippen molar-refractivity contribution < 1.29 is 14.3 Å². The van der Waals surface area contributed by atoms with Crippen LogP contribution in [0.5, 0.6) is 0 Å². The number of primary amides is 1. The minimum Gasteiger partial charge on any atom is -0.465 e. The van der Waals surface area contributed by atoms with Gasteiger partial charge in [-0.1, -0.05) is 12.1 Å². The lowest BCUT2D eigenvalue weighted by Crippen LogP contribution is -2.13. The summed E-state index contributed by atoms with van der Waals surface area (Å²) in [5, 5.41) is 0. The van der Waals surface area contributed by atoms with Crippen molar-refractivity contribution in [1.82, 2.24) is 0 Å². The summed E-state index contributed by atoms with van der Waals surface area (Å²) in [5.74, 6) is 0.330. The minimum atomic E-state index is -0.351. The van der Waals surface area contributed by atoms with Crippen LogP contribution in [0.15, 0.2) is 24.3 Å². The van der Waals surface area contributed by atoms with E-state index in [1.54, 1.807) is 12.1 Å². The van der Waals surface area contributed by atoms with Gasteiger partial charge in [-0.3, -0.25) is 4.79 Å². The molecule has 0 unspecified atom stereocenters. The highest BCUT2D eigenvalue weighted by atomic mass is 32.2. The minimum absolute atomic E-state index is 0.304. The van der Waals surface area contributed by atoms with Crippen LogP contribution >= 0.6 is 11.8 Å². The lowest BCUT2D eigenvalue weighted by atomic mass is 10.1. The molecule has 0 aliphatic carbocycles. The Labute approximate surface area is 98.2 Å². The van der Waals surface area contributed by atoms with E-state index in [-0.39, 0.29) is 11.9 Å². The first kappa shape index (κ1) is 12.6. The predicted molar refractivity (Wildman–Crippen MR) is 63.1 cm³/mol. The molecular formula is C11H13NO3S. The first-order chi connectivity index (χ1) is 7.63. The molecule has 0 saturated carbocycles. The van der Waals surface area contributed by atoms with E-state index in [9.17, 15) is 9.59 Å². The number of amides is 1. The summed E-state index contributed by atoms with van der Waals surface area (Å²) in [6.07, 6.45) is 0. The van der Waals surface area contributed by atoms with Crippen LogP contribution in [0.4, 0.5) is 0 Å². The topological polar surface area (TPSA) is 69.4 Å². The second-order valence-electron chi connectivity index (χ2n) is 3.15. The predicted octanol–water partition coefficient (Wildman–Crippen LogP) is 1.19. The number of carbonyl (C=O) groups is 2. The summed E-state index contributed by atoms with van der Waals surface area (Å²) in [5.41, 5.74) is 6.58. The molecule has 0 radical (unpaired) electrons. The fraction of sp³-hybridized carbons (Fsp3) is 0.273. The number of thioether (sulfide) groups is 1. The van der Waals surface area contributed by atoms with E-state index in [0.29, 0.717) is 17.1 Å². The molecule has 16 heavy (non-hydrogen) atoms. The Kier molecular flexibility index (Phi) is 4.85. The summed E-state index contributed by atoms with van der Waals surface area (Å²) in [6.45, 7) is 0. The van der Waals surface area contributed by atoms with Gasteiger partial charge in [0.15, 0.2) is 0 Å². The maximum absolute atomic E-state index is 11.1. The van der Waals surface area contributed by atoms with Crippen LogP contribution in [0, 0.1) is 0 Å². The number of carbonyl (C=O) groups excluding carboxylic acids is 2. The van der Waals surface area contributed by atoms with E-state index >= 15 is 0 Å². The molecule has 0 saturated heterocycles. The highest BCUT2D eigenvalue weighted by molar-refractivity contribution is 7.99. The number of nitrogens with two attached hydrogens (primary N) is 1. The zero-order chi connectivity index (χ0) is 12.0. The van der Waals surface area contributed by atoms with Crippen LogP contribution in [0.25, 0.3) is 0 Å². The van der Waals surface area contributed by atoms with Gasteiger partial charge in [-0.05, 0) is 17.7 Å². The zero-order valence-corrected chi connectivity index (χ0v) is 9.75. The monoisotopic (exact) mass is 239 g/mol. The Balaban J connectivity index is 2.51. The molecule has 5 heteroatoms. The highest BCUT2D eigenvalue weighted by Crippen LogP contribution is 2.13. The van der Waals surface area contributed by atoms with Crippen molar-refractivity contribution in [3.63, 3.8) is 0 Å². The quantitative estimate of drug-likeness (QED) is 0.784. The summed E-state index contributed by atoms with van der Waals surface area (Å²) in [4.78, 5) is 21.7. The van der Waals surface area contributed by atoms with E-state index in [0.717, 1.165) is 5.56 Å². The number of esters is 1. The largest absolute Gasteiger partial charge is 0.465 e. The maximum Gasteiger partial charge on any atom is 0.337 e. The number of hydrogen-bond acceptors (Lipinski definition) is 4. The molecule has 0 fully saturated rings. The third-order valence-electron chi connectivity index (χ3n) is 1.89. The van der Waals surface area contributed by atoms with Gasteiger partial charge in [0, 0.05) is 5.75 Å². The Morgan fingerprint density at radius 3 is 2.44 bits per heavy atom. The number of methoxy groups -OCH3 is 1. The molecule has 0 aliphatic heterocycles. The Hall–Kier alpha value is -1.49. The number of hydrogen-bond donors (Lipinski definition) is 1. The van der Waals surface area contributed by atoms with E-state index in [2.05, 4.69) is 4.74 Å². The van der Waals surface area contributed by atoms with Crippen LogP contribution in [0.3, 0.4) is 0 Å². The van der Waals surface area contributed by atoms with Gasteiger partial charge < -0.3 is 10.5 Å². The summed E-state index contributed by atoms with van der Waals surface area (Å²) >= 11 is 1.44. The molecule has 4 nitrogen and oxygen atoms in total. The Bertz CT molecular complexity index is 375. The number of benzene rings is 1. The van der Waals surface area contributed by atoms with Crippen LogP contribution in [-0.2, 0) is 15.3 Å². The molecule has 2 N–H and O–H groups in total. The summed E-state index contributed by atoms with van der Waals surface area (Å²) in [7, 11) is 1.35. The zero-order valence-electron chi connectivity index (χ0n) is 8.93. The van der Waals surface area contributed by atoms with Gasteiger partial charge in [-0.25, -0.2) is 4.79 Å². The summed E-state index contributed by atoms with van der Waals surface area (Å²) in [6, 6.07) is 7.07. The summed E-state index contributed by atoms with van der Waals surface area (Å²) < 4.78 is 4.58. The Morgan fingerprint density at radius 1 is 1.31 bits per heavy atom. The van der Waals surface area contributed by atoms with Crippen molar-refractivity contribution in [2.45, 2.75) is 5.75 Å². The molecular weight excluding hydrogens is 226 g/mol. The van der Waals surface area contributed by atoms with E-state index < -0.39 is 0 Å². The third-order valence-corrected chi connectivity index (χ3v) is 2.91. The highest BCUT2D eigenvalue weighted by Gasteiger charge is 2.04. The lowest BCUT2D eigenvalue weighted by molar-refractivity contribution is -0.115. The average molecular weight is 239 g/mol. The molecule has 0 aliphatic rings. The van der Waals surface area contributed by atoms with Gasteiger partial charge in [-0.2, -0.15) is 0 Å². The molecule has 0 heterocycles. The van der Waals surface area contributed by atoms with E-state index in [1.165, 1.54) is 18.9 Å². The van der Waals surface area contributed by atoms with Crippen molar-refractivity contribution in [3.05, 3.63) is 35.4 Å². The number of ether oxygens (including phenoxy) is 1. The molecule has 0 aromatic heterocycles. The fourth-order valence-electron chi connectivity index (χ4n) is 1.12. The van der Waals surface area contributed by atoms with Crippen LogP contribution in [0.1, 0.15) is 15.9 Å². The van der Waals surface area contributed by atoms with Crippen molar-refractivity contribution >= 4 is 23.6 Å². The molecule has 1 rings (SSSR count). The lowest BCUT2D eigenvalue weighted by Gasteiger charge is -2.02. The van der Waals surface area contributed by atoms with Gasteiger partial charge >= 0.3 is 5.97 Å². The van der Waals surface area contributed by atoms with E-state index in [4.69, 9.17) is 5.73 Å². The maximum atomic E-state index is 11.1. The standard InChI is InChI=1S/C11H13NO3S/c1-15-11(14)9-4-2-8(3-5-9)6-16-7-10(12)13/h2-5H,6-7H2,1H3,(H2,12,13). The van der Waals surface area contributed by atoms with Crippen LogP contribution < -0.4 is 5.73 Å². The molecule has 1 amide bonds. The van der Waals surface area contributed by atoms with Crippen LogP contribution in [-0.4, -0.2) is 24.7 Å². The van der Waals surface area contributed by atoms with Crippen LogP contribution in [0.2, 0.25) is 0 Å². The number of rotatable bonds is 5. The second-order valence-corrected chi connectivity index (χ2v) is 4.13. The van der Waals surface area contributed by atoms with Gasteiger partial charge in [0.2, 0.25) is 5.91 Å². The van der Waals surface area contributed by atoms with E-state index in [1.807, 2.05) is 12.1 Å². The van der Waals surface area contributed by atoms with Gasteiger partial charge in [-0.15, -0.1) is 11.8 Å². The Morgan fingerprint density at radius 2 is 1.94 bits per heavy atom. The molecule has 86 valence electrons. The van der Waals surface area contributed by atoms with Gasteiger partial charge in [0.1, 0.15) is 0 Å². The van der Waals surface area contributed by atoms with Crippen molar-refractivity contribution in [2.24, 2.45) is 5.73 Å². The second kappa shape index (κ2) is 6.17. The van der Waals surface area contributed by atoms with Gasteiger partial charge in [0.05, 0.1) is 18.4 Å². The van der Waals surface area contributed by atoms with Crippen molar-refractivity contribution in [2.75, 3.05) is 12.9 Å². The SMILES string of the molecule is COC(=O)c1ccc(CSCC(N)=O)cc1. The van der Waals surface area contributed by atoms with Gasteiger partial charge in [0.25, 0.3) is 0 Å². The molecule has 1 aromatic carbocycles.